The molecule has 74 heavy (non-hydrogen) atoms. The van der Waals surface area contributed by atoms with Crippen LogP contribution in [-0.2, 0) is 51.1 Å². The number of H-pyrrole nitrogens is 1. The standard InChI is InChI=1S/C54H92N6O14/c1-14-42-54(10,67)47(63)36(6)58(11)29-32(2)27-52(8,66)49(34(4)46(35(5)50(65)72-42)73-44-28-53(9,69-13)48(64)37(7)71-44)74-51-45(62)41(26-33(3)70-51)59(12)30-38-21-23-39(24-22-38)40-31-60(57-55-40)25-19-17-15-16-18-20-43(61)56-68/h21-24,31-37,41-42,44-49,51,62-64,66-67H,14-20,25-30H2,1-13H3,(H2,55,56,57,61,68)/p+1/t32-,33-,34+,35-,36-,37+,41+,42-,44?,45-,46+,47-,48+,49-,51+,52-,53-,54-/m1/s1. The predicted molar refractivity (Wildman–Crippen MR) is 274 cm³/mol. The molecule has 2 aromatic rings. The summed E-state index contributed by atoms with van der Waals surface area (Å²) in [5, 5.41) is 76.1. The zero-order chi connectivity index (χ0) is 54.9. The van der Waals surface area contributed by atoms with Gasteiger partial charge in [-0.15, -0.1) is 0 Å². The van der Waals surface area contributed by atoms with Crippen molar-refractivity contribution < 1.29 is 73.4 Å². The molecule has 0 bridgehead atoms. The summed E-state index contributed by atoms with van der Waals surface area (Å²) in [4.78, 5) is 29.7. The molecule has 20 heteroatoms. The highest BCUT2D eigenvalue weighted by Gasteiger charge is 2.53. The van der Waals surface area contributed by atoms with E-state index in [0.29, 0.717) is 25.9 Å². The summed E-state index contributed by atoms with van der Waals surface area (Å²) < 4.78 is 40.4. The number of carbonyl (C=O) groups excluding carboxylic acids is 2. The van der Waals surface area contributed by atoms with Crippen LogP contribution in [0.2, 0.25) is 0 Å². The lowest BCUT2D eigenvalue weighted by molar-refractivity contribution is -0.753. The van der Waals surface area contributed by atoms with Crippen LogP contribution in [0.4, 0.5) is 0 Å². The summed E-state index contributed by atoms with van der Waals surface area (Å²) in [6, 6.07) is 7.14. The Hall–Kier alpha value is -3.22. The molecule has 0 aliphatic carbocycles. The minimum Gasteiger partial charge on any atom is -0.459 e. The predicted octanol–water partition coefficient (Wildman–Crippen LogP) is 3.99. The second-order valence-corrected chi connectivity index (χ2v) is 22.8. The molecule has 0 saturated carbocycles. The van der Waals surface area contributed by atoms with E-state index in [2.05, 4.69) is 15.2 Å². The Kier molecular flexibility index (Phi) is 22.4. The first-order valence-electron chi connectivity index (χ1n) is 27.0. The van der Waals surface area contributed by atoms with Crippen molar-refractivity contribution in [1.29, 1.82) is 0 Å². The van der Waals surface area contributed by atoms with Crippen LogP contribution in [0.3, 0.4) is 0 Å². The lowest BCUT2D eigenvalue weighted by Gasteiger charge is -2.49. The van der Waals surface area contributed by atoms with E-state index in [9.17, 15) is 35.1 Å². The molecule has 18 atom stereocenters. The third-order valence-electron chi connectivity index (χ3n) is 16.3. The Morgan fingerprint density at radius 2 is 1.62 bits per heavy atom. The number of benzene rings is 1. The first kappa shape index (κ1) is 61.6. The maximum absolute atomic E-state index is 14.5. The number of unbranched alkanes of at least 4 members (excludes halogenated alkanes) is 4. The summed E-state index contributed by atoms with van der Waals surface area (Å²) in [5.74, 6) is -3.14. The fourth-order valence-electron chi connectivity index (χ4n) is 11.6. The van der Waals surface area contributed by atoms with Crippen LogP contribution in [0.25, 0.3) is 11.3 Å². The van der Waals surface area contributed by atoms with Gasteiger partial charge in [-0.25, -0.2) is 5.48 Å². The molecule has 1 aromatic carbocycles. The van der Waals surface area contributed by atoms with Gasteiger partial charge < -0.3 is 58.9 Å². The van der Waals surface area contributed by atoms with E-state index in [-0.39, 0.29) is 37.2 Å². The van der Waals surface area contributed by atoms with Crippen LogP contribution in [0, 0.1) is 17.8 Å². The number of carbonyl (C=O) groups is 2. The van der Waals surface area contributed by atoms with Gasteiger partial charge >= 0.3 is 5.97 Å². The van der Waals surface area contributed by atoms with Crippen LogP contribution in [0.1, 0.15) is 139 Å². The van der Waals surface area contributed by atoms with Gasteiger partial charge in [0.25, 0.3) is 0 Å². The van der Waals surface area contributed by atoms with Crippen LogP contribution in [0.5, 0.6) is 0 Å². The average Bonchev–Trinajstić information content (AvgIpc) is 3.83. The van der Waals surface area contributed by atoms with Gasteiger partial charge in [0.1, 0.15) is 36.6 Å². The number of aromatic amines is 1. The van der Waals surface area contributed by atoms with Gasteiger partial charge in [-0.1, -0.05) is 51.0 Å². The van der Waals surface area contributed by atoms with E-state index in [1.165, 1.54) is 14.0 Å². The summed E-state index contributed by atoms with van der Waals surface area (Å²) in [6.45, 7) is 19.3. The second kappa shape index (κ2) is 26.9. The number of aliphatic hydroxyl groups is 5. The van der Waals surface area contributed by atoms with E-state index in [4.69, 9.17) is 33.6 Å². The third-order valence-corrected chi connectivity index (χ3v) is 16.3. The van der Waals surface area contributed by atoms with Crippen molar-refractivity contribution in [2.45, 2.75) is 237 Å². The molecule has 1 unspecified atom stereocenters. The number of nitrogens with zero attached hydrogens (tertiary/aromatic N) is 4. The molecular formula is C54H93N6O14+. The number of hydrogen-bond donors (Lipinski definition) is 8. The molecule has 3 fully saturated rings. The molecule has 1 amide bonds. The molecule has 20 nitrogen and oxygen atoms in total. The molecule has 422 valence electrons. The highest BCUT2D eigenvalue weighted by atomic mass is 16.7. The molecule has 4 heterocycles. The van der Waals surface area contributed by atoms with Crippen molar-refractivity contribution >= 4 is 11.9 Å². The van der Waals surface area contributed by atoms with Crippen LogP contribution >= 0.6 is 0 Å². The van der Waals surface area contributed by atoms with Crippen molar-refractivity contribution in [3.63, 3.8) is 0 Å². The fraction of sp³-hybridized carbons (Fsp3) is 0.815. The summed E-state index contributed by atoms with van der Waals surface area (Å²) in [5.41, 5.74) is -0.0844. The van der Waals surface area contributed by atoms with Crippen molar-refractivity contribution in [1.82, 2.24) is 25.6 Å². The second-order valence-electron chi connectivity index (χ2n) is 22.8. The number of aliphatic hydroxyl groups excluding tert-OH is 3. The van der Waals surface area contributed by atoms with Gasteiger partial charge in [0.05, 0.1) is 41.5 Å². The SMILES string of the molecule is CC[C@H]1OC(=O)[C@H](C)[C@@H](OC2C[C@@](C)(OC)[C@@H](O)[C@H](C)O2)[C@H](C)[C@@H](O[C@@H]2O[C@H](C)C[C@H](N(C)Cc3ccc(-c4c[n+](CCCCCCCC(=O)NO)[nH]n4)cc3)[C@H]2O)[C@](C)(O)C[C@@H](C)CN(C)[C@H](C)[C@@H](O)[C@]1(C)O. The van der Waals surface area contributed by atoms with Gasteiger partial charge in [0.15, 0.2) is 18.8 Å². The number of nitrogens with one attached hydrogen (secondary N) is 2. The summed E-state index contributed by atoms with van der Waals surface area (Å²) in [7, 11) is 5.30. The number of aromatic nitrogens is 3. The highest BCUT2D eigenvalue weighted by molar-refractivity contribution is 5.74. The Balaban J connectivity index is 1.38. The number of hydrogen-bond acceptors (Lipinski definition) is 17. The van der Waals surface area contributed by atoms with Gasteiger partial charge in [-0.3, -0.25) is 19.7 Å². The quantitative estimate of drug-likeness (QED) is 0.0345. The lowest BCUT2D eigenvalue weighted by atomic mass is 9.77. The largest absolute Gasteiger partial charge is 0.459 e. The Bertz CT molecular complexity index is 2040. The normalized spacial score (nSPS) is 38.3. The molecule has 5 rings (SSSR count). The average molecular weight is 1050 g/mol. The zero-order valence-electron chi connectivity index (χ0n) is 46.5. The van der Waals surface area contributed by atoms with Gasteiger partial charge in [0.2, 0.25) is 11.6 Å². The molecule has 0 radical (unpaired) electrons. The van der Waals surface area contributed by atoms with Gasteiger partial charge in [-0.05, 0) is 125 Å². The number of ether oxygens (including phenoxy) is 6. The summed E-state index contributed by atoms with van der Waals surface area (Å²) in [6.07, 6.45) is -2.11. The molecule has 3 saturated heterocycles. The Labute approximate surface area is 439 Å². The summed E-state index contributed by atoms with van der Waals surface area (Å²) >= 11 is 0. The Morgan fingerprint density at radius 1 is 0.959 bits per heavy atom. The van der Waals surface area contributed by atoms with Gasteiger partial charge in [0, 0.05) is 61.7 Å². The number of amides is 1. The first-order chi connectivity index (χ1) is 34.8. The number of esters is 1. The van der Waals surface area contributed by atoms with Crippen LogP contribution < -0.4 is 10.2 Å². The Morgan fingerprint density at radius 3 is 2.27 bits per heavy atom. The fourth-order valence-corrected chi connectivity index (χ4v) is 11.6. The van der Waals surface area contributed by atoms with Crippen LogP contribution in [0.15, 0.2) is 30.5 Å². The number of likely N-dealkylation sites (N-methyl/N-ethyl adjacent to an activating group) is 2. The molecule has 8 N–H and O–H groups in total. The molecule has 1 aromatic heterocycles. The zero-order valence-corrected chi connectivity index (χ0v) is 46.5. The first-order valence-corrected chi connectivity index (χ1v) is 27.0. The van der Waals surface area contributed by atoms with E-state index < -0.39 is 102 Å². The lowest BCUT2D eigenvalue weighted by Crippen LogP contribution is -2.60. The van der Waals surface area contributed by atoms with Crippen molar-refractivity contribution in [2.24, 2.45) is 17.8 Å². The van der Waals surface area contributed by atoms with E-state index in [0.717, 1.165) is 55.5 Å². The number of methoxy groups -OCH3 is 1. The minimum absolute atomic E-state index is 0.101. The number of hydroxylamine groups is 1. The van der Waals surface area contributed by atoms with Crippen molar-refractivity contribution in [2.75, 3.05) is 27.7 Å². The maximum atomic E-state index is 14.5. The minimum atomic E-state index is -1.84. The number of rotatable bonds is 18. The topological polar surface area (TPSA) is 262 Å². The molecular weight excluding hydrogens is 957 g/mol. The van der Waals surface area contributed by atoms with E-state index in [1.807, 2.05) is 74.9 Å². The molecule has 3 aliphatic rings. The smallest absolute Gasteiger partial charge is 0.311 e. The molecule has 0 spiro atoms. The maximum Gasteiger partial charge on any atom is 0.311 e. The monoisotopic (exact) mass is 1050 g/mol. The third kappa shape index (κ3) is 15.5. The highest BCUT2D eigenvalue weighted by Crippen LogP contribution is 2.40. The van der Waals surface area contributed by atoms with Crippen LogP contribution in [-0.4, -0.2) is 181 Å². The molecule has 3 aliphatic heterocycles. The number of cyclic esters (lactones) is 1. The van der Waals surface area contributed by atoms with Gasteiger partial charge in [-0.2, -0.15) is 4.68 Å². The van der Waals surface area contributed by atoms with Crippen molar-refractivity contribution in [3.05, 3.63) is 36.0 Å². The van der Waals surface area contributed by atoms with Crippen molar-refractivity contribution in [3.8, 4) is 11.3 Å². The number of aryl methyl sites for hydroxylation is 1. The van der Waals surface area contributed by atoms with E-state index >= 15 is 0 Å². The van der Waals surface area contributed by atoms with E-state index in [1.54, 1.807) is 47.0 Å².